The molecule has 0 saturated heterocycles. The van der Waals surface area contributed by atoms with E-state index in [4.69, 9.17) is 0 Å². The number of hydrogen-bond acceptors (Lipinski definition) is 2. The molecular formula is C20H26N2. The summed E-state index contributed by atoms with van der Waals surface area (Å²) in [5.74, 6) is 0. The Morgan fingerprint density at radius 1 is 1.23 bits per heavy atom. The van der Waals surface area contributed by atoms with E-state index >= 15 is 0 Å². The third-order valence-corrected chi connectivity index (χ3v) is 3.20. The quantitative estimate of drug-likeness (QED) is 0.812. The fraction of sp³-hybridized carbons (Fsp3) is 0.200. The predicted molar refractivity (Wildman–Crippen MR) is 97.2 cm³/mol. The van der Waals surface area contributed by atoms with Crippen LogP contribution < -0.4 is 11.1 Å². The minimum Gasteiger partial charge on any atom is -0.405 e. The second-order valence-corrected chi connectivity index (χ2v) is 5.00. The van der Waals surface area contributed by atoms with Gasteiger partial charge >= 0.3 is 0 Å². The van der Waals surface area contributed by atoms with E-state index < -0.39 is 0 Å². The van der Waals surface area contributed by atoms with E-state index in [1.54, 1.807) is 0 Å². The number of nitrogens with one attached hydrogen (secondary N) is 1. The van der Waals surface area contributed by atoms with Gasteiger partial charge in [0, 0.05) is 6.20 Å². The number of nitrogens with two attached hydrogens (primary N) is 1. The zero-order chi connectivity index (χ0) is 16.2. The number of rotatable bonds is 1. The molecule has 0 aromatic heterocycles. The van der Waals surface area contributed by atoms with Crippen molar-refractivity contribution in [1.29, 1.82) is 0 Å². The normalized spacial score (nSPS) is 17.3. The highest BCUT2D eigenvalue weighted by Gasteiger charge is 2.11. The van der Waals surface area contributed by atoms with Gasteiger partial charge in [0.15, 0.2) is 0 Å². The topological polar surface area (TPSA) is 38.0 Å². The molecule has 1 heterocycles. The number of dihydropyridines is 1. The average Bonchev–Trinajstić information content (AvgIpc) is 2.57. The maximum atomic E-state index is 4.61. The zero-order valence-electron chi connectivity index (χ0n) is 13.5. The lowest BCUT2D eigenvalue weighted by Gasteiger charge is -2.21. The molecule has 0 saturated carbocycles. The van der Waals surface area contributed by atoms with Crippen LogP contribution in [0.1, 0.15) is 19.4 Å². The van der Waals surface area contributed by atoms with Crippen LogP contribution in [0.25, 0.3) is 0 Å². The summed E-state index contributed by atoms with van der Waals surface area (Å²) in [7, 11) is 0. The van der Waals surface area contributed by atoms with Crippen LogP contribution in [0.4, 0.5) is 0 Å². The first-order chi connectivity index (χ1) is 10.7. The van der Waals surface area contributed by atoms with Gasteiger partial charge in [0.25, 0.3) is 0 Å². The average molecular weight is 294 g/mol. The molecule has 0 amide bonds. The van der Waals surface area contributed by atoms with Crippen molar-refractivity contribution in [2.24, 2.45) is 5.73 Å². The molecule has 1 aliphatic carbocycles. The number of fused-ring (bicyclic) bond motifs is 1. The summed E-state index contributed by atoms with van der Waals surface area (Å²) in [5.41, 5.74) is 8.66. The standard InChI is InChI=1S/C10H11N.C8H10.C2H5N/c1-8-6-9-4-2-3-5-10(9)11-7-8;1-2-8-6-4-3-5-7-8;1-2-3/h2-7,10-11H,1H3;3-7H,2H2,1H3;2H,1,3H2. The van der Waals surface area contributed by atoms with Crippen molar-refractivity contribution in [3.8, 4) is 0 Å². The van der Waals surface area contributed by atoms with Crippen molar-refractivity contribution < 1.29 is 0 Å². The fourth-order valence-electron chi connectivity index (χ4n) is 2.09. The molecule has 1 unspecified atom stereocenters. The molecule has 2 heteroatoms. The van der Waals surface area contributed by atoms with Gasteiger partial charge in [-0.15, -0.1) is 0 Å². The third kappa shape index (κ3) is 6.31. The van der Waals surface area contributed by atoms with Crippen molar-refractivity contribution in [3.63, 3.8) is 0 Å². The Hall–Kier alpha value is -2.48. The molecule has 2 nitrogen and oxygen atoms in total. The predicted octanol–water partition coefficient (Wildman–Crippen LogP) is 4.25. The van der Waals surface area contributed by atoms with Gasteiger partial charge in [-0.1, -0.05) is 74.2 Å². The number of hydrogen-bond donors (Lipinski definition) is 2. The molecule has 22 heavy (non-hydrogen) atoms. The molecule has 1 atom stereocenters. The summed E-state index contributed by atoms with van der Waals surface area (Å²) in [6.07, 6.45) is 15.1. The van der Waals surface area contributed by atoms with E-state index in [1.807, 2.05) is 6.07 Å². The summed E-state index contributed by atoms with van der Waals surface area (Å²) < 4.78 is 0. The lowest BCUT2D eigenvalue weighted by Crippen LogP contribution is -2.27. The third-order valence-electron chi connectivity index (χ3n) is 3.20. The summed E-state index contributed by atoms with van der Waals surface area (Å²) in [6, 6.07) is 10.9. The van der Waals surface area contributed by atoms with E-state index in [2.05, 4.69) is 92.3 Å². The SMILES string of the molecule is C=CN.CC1=CNC2C=CC=CC2=C1.CCc1ccccc1. The highest BCUT2D eigenvalue weighted by Crippen LogP contribution is 2.17. The van der Waals surface area contributed by atoms with Crippen LogP contribution in [0.15, 0.2) is 90.8 Å². The lowest BCUT2D eigenvalue weighted by molar-refractivity contribution is 0.785. The van der Waals surface area contributed by atoms with Crippen LogP contribution >= 0.6 is 0 Å². The van der Waals surface area contributed by atoms with Gasteiger partial charge in [-0.3, -0.25) is 0 Å². The van der Waals surface area contributed by atoms with E-state index in [-0.39, 0.29) is 0 Å². The maximum Gasteiger partial charge on any atom is 0.0695 e. The van der Waals surface area contributed by atoms with Gasteiger partial charge < -0.3 is 11.1 Å². The minimum absolute atomic E-state index is 0.406. The van der Waals surface area contributed by atoms with Gasteiger partial charge in [0.05, 0.1) is 6.04 Å². The van der Waals surface area contributed by atoms with Gasteiger partial charge in [-0.2, -0.15) is 0 Å². The van der Waals surface area contributed by atoms with Crippen LogP contribution in [-0.2, 0) is 6.42 Å². The molecule has 3 rings (SSSR count). The van der Waals surface area contributed by atoms with Crippen LogP contribution in [0.5, 0.6) is 0 Å². The van der Waals surface area contributed by atoms with Crippen LogP contribution in [0.2, 0.25) is 0 Å². The first-order valence-electron chi connectivity index (χ1n) is 7.57. The smallest absolute Gasteiger partial charge is 0.0695 e. The second kappa shape index (κ2) is 10.3. The van der Waals surface area contributed by atoms with E-state index in [1.165, 1.54) is 22.9 Å². The molecule has 2 aliphatic rings. The Bertz CT molecular complexity index is 563. The van der Waals surface area contributed by atoms with E-state index in [0.717, 1.165) is 6.42 Å². The van der Waals surface area contributed by atoms with Gasteiger partial charge in [-0.25, -0.2) is 0 Å². The number of aryl methyl sites for hydroxylation is 1. The number of allylic oxidation sites excluding steroid dienone is 4. The molecule has 1 aromatic carbocycles. The van der Waals surface area contributed by atoms with Crippen LogP contribution in [-0.4, -0.2) is 6.04 Å². The molecule has 116 valence electrons. The lowest BCUT2D eigenvalue weighted by atomic mass is 9.98. The highest BCUT2D eigenvalue weighted by atomic mass is 14.9. The Balaban J connectivity index is 0.000000194. The minimum atomic E-state index is 0.406. The van der Waals surface area contributed by atoms with E-state index in [0.29, 0.717) is 6.04 Å². The summed E-state index contributed by atoms with van der Waals surface area (Å²) in [6.45, 7) is 7.40. The molecule has 0 radical (unpaired) electrons. The Kier molecular flexibility index (Phi) is 8.21. The molecule has 1 aliphatic heterocycles. The molecule has 3 N–H and O–H groups in total. The van der Waals surface area contributed by atoms with E-state index in [9.17, 15) is 0 Å². The number of benzene rings is 1. The summed E-state index contributed by atoms with van der Waals surface area (Å²) >= 11 is 0. The van der Waals surface area contributed by atoms with Crippen molar-refractivity contribution in [3.05, 3.63) is 96.4 Å². The van der Waals surface area contributed by atoms with Crippen LogP contribution in [0.3, 0.4) is 0 Å². The molecule has 0 bridgehead atoms. The van der Waals surface area contributed by atoms with Crippen molar-refractivity contribution >= 4 is 0 Å². The largest absolute Gasteiger partial charge is 0.405 e. The first-order valence-corrected chi connectivity index (χ1v) is 7.57. The molecule has 0 spiro atoms. The fourth-order valence-corrected chi connectivity index (χ4v) is 2.09. The van der Waals surface area contributed by atoms with Gasteiger partial charge in [-0.05, 0) is 36.3 Å². The van der Waals surface area contributed by atoms with Gasteiger partial charge in [0.2, 0.25) is 0 Å². The first kappa shape index (κ1) is 17.6. The Morgan fingerprint density at radius 2 is 1.91 bits per heavy atom. The zero-order valence-corrected chi connectivity index (χ0v) is 13.5. The Morgan fingerprint density at radius 3 is 2.50 bits per heavy atom. The summed E-state index contributed by atoms with van der Waals surface area (Å²) in [4.78, 5) is 0. The van der Waals surface area contributed by atoms with Crippen molar-refractivity contribution in [2.45, 2.75) is 26.3 Å². The second-order valence-electron chi connectivity index (χ2n) is 5.00. The molecule has 1 aromatic rings. The van der Waals surface area contributed by atoms with Gasteiger partial charge in [0.1, 0.15) is 0 Å². The van der Waals surface area contributed by atoms with Crippen molar-refractivity contribution in [2.75, 3.05) is 0 Å². The Labute approximate surface area is 134 Å². The monoisotopic (exact) mass is 294 g/mol. The molecular weight excluding hydrogens is 268 g/mol. The maximum absolute atomic E-state index is 4.61. The van der Waals surface area contributed by atoms with Crippen molar-refractivity contribution in [1.82, 2.24) is 5.32 Å². The summed E-state index contributed by atoms with van der Waals surface area (Å²) in [5, 5.41) is 3.30. The van der Waals surface area contributed by atoms with Crippen LogP contribution in [0, 0.1) is 0 Å². The molecule has 0 fully saturated rings. The highest BCUT2D eigenvalue weighted by molar-refractivity contribution is 5.43.